The summed E-state index contributed by atoms with van der Waals surface area (Å²) in [5.74, 6) is -0.432. The van der Waals surface area contributed by atoms with Crippen molar-refractivity contribution in [1.29, 1.82) is 0 Å². The number of carbonyl (C=O) groups excluding carboxylic acids is 1. The highest BCUT2D eigenvalue weighted by Gasteiger charge is 2.44. The maximum absolute atomic E-state index is 12.7. The van der Waals surface area contributed by atoms with Crippen LogP contribution in [0.15, 0.2) is 53.4 Å². The van der Waals surface area contributed by atoms with E-state index in [1.165, 1.54) is 0 Å². The monoisotopic (exact) mass is 410 g/mol. The Labute approximate surface area is 163 Å². The van der Waals surface area contributed by atoms with Crippen LogP contribution in [0, 0.1) is 10.1 Å². The smallest absolute Gasteiger partial charge is 0.354 e. The summed E-state index contributed by atoms with van der Waals surface area (Å²) in [5, 5.41) is 13.9. The Hall–Kier alpha value is -2.55. The van der Waals surface area contributed by atoms with E-state index < -0.39 is 22.4 Å². The van der Waals surface area contributed by atoms with Crippen molar-refractivity contribution in [2.24, 2.45) is 0 Å². The van der Waals surface area contributed by atoms with E-state index >= 15 is 0 Å². The fraction of sp³-hybridized carbons (Fsp3) is 0.316. The average Bonchev–Trinajstić information content (AvgIpc) is 3.45. The van der Waals surface area contributed by atoms with Gasteiger partial charge in [-0.25, -0.2) is 0 Å². The third-order valence-electron chi connectivity index (χ3n) is 4.71. The van der Waals surface area contributed by atoms with Crippen molar-refractivity contribution in [3.05, 3.63) is 69.8 Å². The molecule has 0 unspecified atom stereocenters. The van der Waals surface area contributed by atoms with Crippen LogP contribution in [0.1, 0.15) is 24.0 Å². The first-order chi connectivity index (χ1) is 13.2. The molecule has 0 bridgehead atoms. The van der Waals surface area contributed by atoms with E-state index in [1.807, 2.05) is 30.3 Å². The molecule has 2 aromatic rings. The second-order valence-corrected chi connectivity index (χ2v) is 7.67. The lowest BCUT2D eigenvalue weighted by molar-refractivity contribution is -0.388. The Morgan fingerprint density at radius 2 is 1.86 bits per heavy atom. The topological polar surface area (TPSA) is 72.2 Å². The maximum Gasteiger partial charge on any atom is 0.416 e. The van der Waals surface area contributed by atoms with Crippen molar-refractivity contribution < 1.29 is 22.9 Å². The minimum absolute atomic E-state index is 0.0253. The number of alkyl halides is 3. The van der Waals surface area contributed by atoms with E-state index in [9.17, 15) is 28.1 Å². The molecule has 0 aliphatic heterocycles. The molecule has 28 heavy (non-hydrogen) atoms. The summed E-state index contributed by atoms with van der Waals surface area (Å²) in [7, 11) is 0. The third-order valence-corrected chi connectivity index (χ3v) is 5.77. The minimum Gasteiger partial charge on any atom is -0.354 e. The molecule has 148 valence electrons. The first kappa shape index (κ1) is 20.2. The number of halogens is 3. The highest BCUT2D eigenvalue weighted by Crippen LogP contribution is 2.47. The summed E-state index contributed by atoms with van der Waals surface area (Å²) in [4.78, 5) is 22.4. The number of amides is 1. The lowest BCUT2D eigenvalue weighted by Gasteiger charge is -2.16. The van der Waals surface area contributed by atoms with Crippen molar-refractivity contribution in [3.63, 3.8) is 0 Å². The summed E-state index contributed by atoms with van der Waals surface area (Å²) in [6.07, 6.45) is -2.73. The predicted octanol–water partition coefficient (Wildman–Crippen LogP) is 4.55. The number of nitro benzene ring substituents is 1. The molecule has 1 N–H and O–H groups in total. The zero-order valence-electron chi connectivity index (χ0n) is 14.7. The molecule has 0 spiro atoms. The van der Waals surface area contributed by atoms with E-state index in [0.717, 1.165) is 42.3 Å². The third kappa shape index (κ3) is 4.64. The van der Waals surface area contributed by atoms with Crippen LogP contribution in [-0.2, 0) is 16.4 Å². The molecule has 1 amide bonds. The summed E-state index contributed by atoms with van der Waals surface area (Å²) in [6.45, 7) is 0.464. The molecular formula is C19H17F3N2O3S. The number of benzene rings is 2. The van der Waals surface area contributed by atoms with E-state index in [1.54, 1.807) is 0 Å². The van der Waals surface area contributed by atoms with Crippen LogP contribution in [0.3, 0.4) is 0 Å². The number of nitrogens with one attached hydrogen (secondary N) is 1. The number of hydrogen-bond donors (Lipinski definition) is 1. The minimum atomic E-state index is -4.67. The zero-order chi connectivity index (χ0) is 20.4. The fourth-order valence-corrected chi connectivity index (χ4v) is 3.76. The summed E-state index contributed by atoms with van der Waals surface area (Å²) >= 11 is 0.849. The van der Waals surface area contributed by atoms with Crippen LogP contribution in [0.4, 0.5) is 18.9 Å². The van der Waals surface area contributed by atoms with Crippen LogP contribution in [-0.4, -0.2) is 23.1 Å². The number of nitro groups is 1. The highest BCUT2D eigenvalue weighted by atomic mass is 32.2. The van der Waals surface area contributed by atoms with Gasteiger partial charge in [0.2, 0.25) is 5.91 Å². The molecule has 0 saturated heterocycles. The Morgan fingerprint density at radius 1 is 1.18 bits per heavy atom. The molecule has 1 fully saturated rings. The Morgan fingerprint density at radius 3 is 2.43 bits per heavy atom. The molecule has 9 heteroatoms. The van der Waals surface area contributed by atoms with Crippen LogP contribution >= 0.6 is 11.8 Å². The second-order valence-electron chi connectivity index (χ2n) is 6.65. The quantitative estimate of drug-likeness (QED) is 0.413. The Balaban J connectivity index is 1.60. The van der Waals surface area contributed by atoms with Gasteiger partial charge >= 0.3 is 6.18 Å². The van der Waals surface area contributed by atoms with Gasteiger partial charge in [-0.15, -0.1) is 11.8 Å². The molecule has 2 aromatic carbocycles. The van der Waals surface area contributed by atoms with Gasteiger partial charge in [0.25, 0.3) is 5.69 Å². The Bertz CT molecular complexity index is 884. The molecule has 0 heterocycles. The zero-order valence-corrected chi connectivity index (χ0v) is 15.5. The molecular weight excluding hydrogens is 393 g/mol. The van der Waals surface area contributed by atoms with Crippen molar-refractivity contribution in [3.8, 4) is 0 Å². The van der Waals surface area contributed by atoms with E-state index in [0.29, 0.717) is 12.6 Å². The largest absolute Gasteiger partial charge is 0.416 e. The lowest BCUT2D eigenvalue weighted by atomic mass is 9.96. The SMILES string of the molecule is O=C(CSc1ccc(C(F)(F)F)cc1[N+](=O)[O-])NCC1(c2ccccc2)CC1. The number of carbonyl (C=O) groups is 1. The maximum atomic E-state index is 12.7. The number of nitrogens with zero attached hydrogens (tertiary/aromatic N) is 1. The van der Waals surface area contributed by atoms with Crippen LogP contribution in [0.2, 0.25) is 0 Å². The van der Waals surface area contributed by atoms with Crippen molar-refractivity contribution in [1.82, 2.24) is 5.32 Å². The van der Waals surface area contributed by atoms with E-state index in [-0.39, 0.29) is 22.0 Å². The van der Waals surface area contributed by atoms with E-state index in [2.05, 4.69) is 5.32 Å². The van der Waals surface area contributed by atoms with Gasteiger partial charge in [0.15, 0.2) is 0 Å². The predicted molar refractivity (Wildman–Crippen MR) is 99.2 cm³/mol. The van der Waals surface area contributed by atoms with Gasteiger partial charge in [-0.05, 0) is 30.5 Å². The van der Waals surface area contributed by atoms with Gasteiger partial charge in [0.05, 0.1) is 21.1 Å². The molecule has 1 saturated carbocycles. The first-order valence-electron chi connectivity index (χ1n) is 8.52. The number of thioether (sulfide) groups is 1. The molecule has 3 rings (SSSR count). The van der Waals surface area contributed by atoms with Crippen LogP contribution in [0.5, 0.6) is 0 Å². The summed E-state index contributed by atoms with van der Waals surface area (Å²) in [5.41, 5.74) is -0.662. The van der Waals surface area contributed by atoms with Gasteiger partial charge < -0.3 is 5.32 Å². The molecule has 0 radical (unpaired) electrons. The molecule has 1 aliphatic carbocycles. The lowest BCUT2D eigenvalue weighted by Crippen LogP contribution is -2.33. The normalized spacial score (nSPS) is 15.1. The number of rotatable bonds is 7. The Kier molecular flexibility index (Phi) is 5.64. The average molecular weight is 410 g/mol. The molecule has 0 atom stereocenters. The van der Waals surface area contributed by atoms with Crippen LogP contribution < -0.4 is 5.32 Å². The first-order valence-corrected chi connectivity index (χ1v) is 9.50. The second kappa shape index (κ2) is 7.83. The van der Waals surface area contributed by atoms with Crippen molar-refractivity contribution in [2.75, 3.05) is 12.3 Å². The molecule has 0 aromatic heterocycles. The summed E-state index contributed by atoms with van der Waals surface area (Å²) < 4.78 is 38.2. The van der Waals surface area contributed by atoms with Gasteiger partial charge in [-0.2, -0.15) is 13.2 Å². The molecule has 5 nitrogen and oxygen atoms in total. The van der Waals surface area contributed by atoms with Gasteiger partial charge in [0.1, 0.15) is 0 Å². The van der Waals surface area contributed by atoms with Gasteiger partial charge in [-0.1, -0.05) is 30.3 Å². The summed E-state index contributed by atoms with van der Waals surface area (Å²) in [6, 6.07) is 12.1. The van der Waals surface area contributed by atoms with Crippen molar-refractivity contribution in [2.45, 2.75) is 29.3 Å². The number of hydrogen-bond acceptors (Lipinski definition) is 4. The highest BCUT2D eigenvalue weighted by molar-refractivity contribution is 8.00. The van der Waals surface area contributed by atoms with Gasteiger partial charge in [-0.3, -0.25) is 14.9 Å². The van der Waals surface area contributed by atoms with E-state index in [4.69, 9.17) is 0 Å². The van der Waals surface area contributed by atoms with Gasteiger partial charge in [0, 0.05) is 18.0 Å². The molecule has 1 aliphatic rings. The van der Waals surface area contributed by atoms with Crippen LogP contribution in [0.25, 0.3) is 0 Å². The standard InChI is InChI=1S/C19H17F3N2O3S/c20-19(21,22)14-6-7-16(15(10-14)24(26)27)28-11-17(25)23-12-18(8-9-18)13-4-2-1-3-5-13/h1-7,10H,8-9,11-12H2,(H,23,25). The van der Waals surface area contributed by atoms with Crippen molar-refractivity contribution >= 4 is 23.4 Å². The fourth-order valence-electron chi connectivity index (χ4n) is 2.93.